The molecule has 0 radical (unpaired) electrons. The average molecular weight is 681 g/mol. The number of thioether (sulfide) groups is 1. The van der Waals surface area contributed by atoms with Crippen LogP contribution in [0.25, 0.3) is 0 Å². The molecule has 4 N–H and O–H groups in total. The van der Waals surface area contributed by atoms with Gasteiger partial charge in [0.2, 0.25) is 21.8 Å². The Bertz CT molecular complexity index is 2010. The maximum Gasteiger partial charge on any atom is 0.305 e. The number of aromatic nitrogens is 1. The highest BCUT2D eigenvalue weighted by Gasteiger charge is 2.56. The second-order valence-corrected chi connectivity index (χ2v) is 14.4. The number of rotatable bonds is 9. The summed E-state index contributed by atoms with van der Waals surface area (Å²) in [5.74, 6) is -2.01. The van der Waals surface area contributed by atoms with Crippen molar-refractivity contribution < 1.29 is 32.3 Å². The highest BCUT2D eigenvalue weighted by atomic mass is 32.2. The number of aryl methyl sites for hydroxylation is 1. The molecule has 46 heavy (non-hydrogen) atoms. The number of imide groups is 1. The summed E-state index contributed by atoms with van der Waals surface area (Å²) in [6, 6.07) is 17.6. The number of primary sulfonamides is 1. The number of amides is 3. The number of fused-ring (bicyclic) bond motifs is 2. The predicted molar refractivity (Wildman–Crippen MR) is 173 cm³/mol. The molecule has 0 saturated carbocycles. The fourth-order valence-electron chi connectivity index (χ4n) is 5.50. The number of nitrogens with two attached hydrogens (primary N) is 1. The lowest BCUT2D eigenvalue weighted by Gasteiger charge is -2.30. The van der Waals surface area contributed by atoms with Gasteiger partial charge in [-0.1, -0.05) is 46.9 Å². The monoisotopic (exact) mass is 680 g/mol. The molecule has 6 rings (SSSR count). The Balaban J connectivity index is 1.27. The SMILES string of the molecule is CCOc1cc([C@@H]2c3sc(=O)[nH]c3S[C@H]3C(=O)N(c4ccc(C)cc4)C(=O)[C@@H]23)ccc1OCC(=O)Nc1ccc(S(N)(=O)=O)cc1. The number of nitrogens with one attached hydrogen (secondary N) is 2. The number of benzene rings is 3. The second kappa shape index (κ2) is 12.4. The molecule has 0 unspecified atom stereocenters. The quantitative estimate of drug-likeness (QED) is 0.223. The first-order chi connectivity index (χ1) is 21.9. The summed E-state index contributed by atoms with van der Waals surface area (Å²) in [5.41, 5.74) is 2.48. The van der Waals surface area contributed by atoms with Gasteiger partial charge < -0.3 is 19.8 Å². The van der Waals surface area contributed by atoms with Crippen molar-refractivity contribution >= 4 is 62.2 Å². The lowest BCUT2D eigenvalue weighted by atomic mass is 9.83. The van der Waals surface area contributed by atoms with Gasteiger partial charge in [-0.2, -0.15) is 0 Å². The maximum atomic E-state index is 14.0. The Morgan fingerprint density at radius 2 is 1.70 bits per heavy atom. The summed E-state index contributed by atoms with van der Waals surface area (Å²) >= 11 is 2.20. The number of sulfonamides is 1. The van der Waals surface area contributed by atoms with E-state index in [1.165, 1.54) is 40.9 Å². The molecule has 3 amide bonds. The van der Waals surface area contributed by atoms with Gasteiger partial charge in [0.05, 0.1) is 28.1 Å². The first-order valence-corrected chi connectivity index (χ1v) is 17.3. The number of anilines is 2. The number of carbonyl (C=O) groups is 3. The van der Waals surface area contributed by atoms with Gasteiger partial charge in [0.15, 0.2) is 18.1 Å². The minimum Gasteiger partial charge on any atom is -0.490 e. The summed E-state index contributed by atoms with van der Waals surface area (Å²) in [7, 11) is -3.87. The van der Waals surface area contributed by atoms with Crippen molar-refractivity contribution in [2.45, 2.75) is 34.9 Å². The fourth-order valence-corrected chi connectivity index (χ4v) is 8.53. The molecule has 2 aliphatic heterocycles. The van der Waals surface area contributed by atoms with Gasteiger partial charge in [0.25, 0.3) is 5.91 Å². The van der Waals surface area contributed by atoms with Gasteiger partial charge in [-0.3, -0.25) is 19.2 Å². The molecular weight excluding hydrogens is 653 g/mol. The van der Waals surface area contributed by atoms with Gasteiger partial charge in [-0.05, 0) is 67.9 Å². The molecule has 3 atom stereocenters. The van der Waals surface area contributed by atoms with Crippen LogP contribution in [0.5, 0.6) is 11.5 Å². The zero-order chi connectivity index (χ0) is 32.7. The van der Waals surface area contributed by atoms with E-state index in [-0.39, 0.29) is 40.5 Å². The van der Waals surface area contributed by atoms with E-state index >= 15 is 0 Å². The Kier molecular flexibility index (Phi) is 8.50. The number of ether oxygens (including phenoxy) is 2. The molecular formula is C31H28N4O8S3. The van der Waals surface area contributed by atoms with Crippen molar-refractivity contribution in [3.05, 3.63) is 92.4 Å². The molecule has 15 heteroatoms. The van der Waals surface area contributed by atoms with Crippen molar-refractivity contribution in [3.8, 4) is 11.5 Å². The number of aromatic amines is 1. The molecule has 0 aliphatic carbocycles. The standard InChI is InChI=1S/C31H28N4O8S3/c1-3-42-22-14-17(6-13-21(22)43-15-23(36)33-18-7-11-20(12-8-18)46(32,40)41)24-25-27(44-28-26(24)45-31(39)34-28)30(38)35(29(25)37)19-9-4-16(2)5-10-19/h4-14,24-25,27H,3,15H2,1-2H3,(H,33,36)(H,34,39)(H2,32,40,41)/t24-,25-,27+/m0/s1. The highest BCUT2D eigenvalue weighted by molar-refractivity contribution is 8.00. The largest absolute Gasteiger partial charge is 0.490 e. The van der Waals surface area contributed by atoms with Crippen LogP contribution in [0.2, 0.25) is 0 Å². The lowest BCUT2D eigenvalue weighted by Crippen LogP contribution is -2.32. The number of nitrogens with zero attached hydrogens (tertiary/aromatic N) is 1. The van der Waals surface area contributed by atoms with Crippen molar-refractivity contribution in [3.63, 3.8) is 0 Å². The van der Waals surface area contributed by atoms with Gasteiger partial charge in [0, 0.05) is 16.5 Å². The van der Waals surface area contributed by atoms with E-state index in [0.717, 1.165) is 16.9 Å². The third-order valence-electron chi connectivity index (χ3n) is 7.57. The minimum atomic E-state index is -3.87. The molecule has 1 saturated heterocycles. The van der Waals surface area contributed by atoms with E-state index in [0.29, 0.717) is 32.6 Å². The topological polar surface area (TPSA) is 178 Å². The van der Waals surface area contributed by atoms with E-state index in [1.807, 2.05) is 19.1 Å². The van der Waals surface area contributed by atoms with Crippen molar-refractivity contribution in [1.82, 2.24) is 4.98 Å². The van der Waals surface area contributed by atoms with E-state index in [4.69, 9.17) is 14.6 Å². The summed E-state index contributed by atoms with van der Waals surface area (Å²) in [5, 5.41) is 7.55. The molecule has 12 nitrogen and oxygen atoms in total. The molecule has 3 heterocycles. The third kappa shape index (κ3) is 6.06. The Labute approximate surface area is 272 Å². The van der Waals surface area contributed by atoms with Crippen LogP contribution in [0.15, 0.2) is 81.4 Å². The molecule has 1 aromatic heterocycles. The normalized spacial score (nSPS) is 19.0. The number of thiazole rings is 1. The number of hydrogen-bond acceptors (Lipinski definition) is 10. The average Bonchev–Trinajstić information content (AvgIpc) is 3.51. The van der Waals surface area contributed by atoms with Crippen LogP contribution < -0.4 is 29.7 Å². The predicted octanol–water partition coefficient (Wildman–Crippen LogP) is 3.60. The fraction of sp³-hybridized carbons (Fsp3) is 0.226. The van der Waals surface area contributed by atoms with Crippen LogP contribution >= 0.6 is 23.1 Å². The van der Waals surface area contributed by atoms with Gasteiger partial charge in [0.1, 0.15) is 5.25 Å². The Hall–Kier alpha value is -4.44. The van der Waals surface area contributed by atoms with E-state index in [1.54, 1.807) is 37.3 Å². The zero-order valence-electron chi connectivity index (χ0n) is 24.5. The molecule has 4 aromatic rings. The molecule has 3 aromatic carbocycles. The Morgan fingerprint density at radius 1 is 0.978 bits per heavy atom. The maximum absolute atomic E-state index is 14.0. The molecule has 1 fully saturated rings. The second-order valence-electron chi connectivity index (χ2n) is 10.6. The van der Waals surface area contributed by atoms with Crippen LogP contribution in [0.1, 0.15) is 28.8 Å². The molecule has 0 spiro atoms. The van der Waals surface area contributed by atoms with E-state index in [9.17, 15) is 27.6 Å². The van der Waals surface area contributed by atoms with E-state index < -0.39 is 33.0 Å². The van der Waals surface area contributed by atoms with Crippen LogP contribution in [-0.4, -0.2) is 49.6 Å². The minimum absolute atomic E-state index is 0.0864. The number of carbonyl (C=O) groups excluding carboxylic acids is 3. The first kappa shape index (κ1) is 31.5. The van der Waals surface area contributed by atoms with Crippen molar-refractivity contribution in [1.29, 1.82) is 0 Å². The summed E-state index contributed by atoms with van der Waals surface area (Å²) in [6.07, 6.45) is 0. The Morgan fingerprint density at radius 3 is 2.37 bits per heavy atom. The lowest BCUT2D eigenvalue weighted by molar-refractivity contribution is -0.122. The van der Waals surface area contributed by atoms with Crippen LogP contribution in [0, 0.1) is 12.8 Å². The molecule has 238 valence electrons. The smallest absolute Gasteiger partial charge is 0.305 e. The molecule has 0 bridgehead atoms. The molecule has 2 aliphatic rings. The van der Waals surface area contributed by atoms with Gasteiger partial charge in [-0.25, -0.2) is 18.5 Å². The van der Waals surface area contributed by atoms with Crippen LogP contribution in [-0.2, 0) is 24.4 Å². The van der Waals surface area contributed by atoms with Gasteiger partial charge >= 0.3 is 4.87 Å². The van der Waals surface area contributed by atoms with Crippen molar-refractivity contribution in [2.75, 3.05) is 23.4 Å². The van der Waals surface area contributed by atoms with Crippen LogP contribution in [0.4, 0.5) is 11.4 Å². The van der Waals surface area contributed by atoms with Crippen LogP contribution in [0.3, 0.4) is 0 Å². The van der Waals surface area contributed by atoms with Crippen molar-refractivity contribution in [2.24, 2.45) is 11.1 Å². The summed E-state index contributed by atoms with van der Waals surface area (Å²) in [4.78, 5) is 57.1. The first-order valence-electron chi connectivity index (χ1n) is 14.1. The number of H-pyrrole nitrogens is 1. The summed E-state index contributed by atoms with van der Waals surface area (Å²) in [6.45, 7) is 3.60. The highest BCUT2D eigenvalue weighted by Crippen LogP contribution is 2.53. The van der Waals surface area contributed by atoms with Gasteiger partial charge in [-0.15, -0.1) is 0 Å². The number of hydrogen-bond donors (Lipinski definition) is 3. The van der Waals surface area contributed by atoms with E-state index in [2.05, 4.69) is 10.3 Å². The zero-order valence-corrected chi connectivity index (χ0v) is 27.0. The third-order valence-corrected chi connectivity index (χ3v) is 10.9. The summed E-state index contributed by atoms with van der Waals surface area (Å²) < 4.78 is 34.6.